The minimum Gasteiger partial charge on any atom is -0.349 e. The Bertz CT molecular complexity index is 818. The van der Waals surface area contributed by atoms with Crippen molar-refractivity contribution >= 4 is 16.9 Å². The Labute approximate surface area is 127 Å². The van der Waals surface area contributed by atoms with E-state index in [4.69, 9.17) is 0 Å². The zero-order chi connectivity index (χ0) is 14.9. The molecule has 3 aromatic rings. The van der Waals surface area contributed by atoms with Crippen LogP contribution in [0.15, 0.2) is 48.5 Å². The van der Waals surface area contributed by atoms with Crippen LogP contribution in [-0.4, -0.2) is 26.9 Å². The van der Waals surface area contributed by atoms with Crippen LogP contribution in [0.1, 0.15) is 28.8 Å². The number of para-hydroxylation sites is 1. The molecule has 1 aliphatic carbocycles. The van der Waals surface area contributed by atoms with Gasteiger partial charge in [-0.1, -0.05) is 29.5 Å². The molecule has 1 heterocycles. The Morgan fingerprint density at radius 2 is 1.91 bits per heavy atom. The number of benzene rings is 2. The minimum atomic E-state index is 0.0141. The molecule has 5 heteroatoms. The van der Waals surface area contributed by atoms with Gasteiger partial charge in [-0.15, -0.1) is 5.10 Å². The Balaban J connectivity index is 1.52. The maximum Gasteiger partial charge on any atom is 0.251 e. The van der Waals surface area contributed by atoms with Gasteiger partial charge in [0.15, 0.2) is 0 Å². The third-order valence-corrected chi connectivity index (χ3v) is 3.88. The monoisotopic (exact) mass is 292 g/mol. The summed E-state index contributed by atoms with van der Waals surface area (Å²) in [6.45, 7) is 0.644. The molecular formula is C17H16N4O. The lowest BCUT2D eigenvalue weighted by atomic mass is 10.1. The molecule has 4 rings (SSSR count). The number of aromatic nitrogens is 3. The van der Waals surface area contributed by atoms with Crippen LogP contribution in [0.25, 0.3) is 11.0 Å². The van der Waals surface area contributed by atoms with Gasteiger partial charge in [0.05, 0.1) is 12.1 Å². The molecular weight excluding hydrogens is 276 g/mol. The molecule has 22 heavy (non-hydrogen) atoms. The number of hydrogen-bond acceptors (Lipinski definition) is 3. The van der Waals surface area contributed by atoms with Crippen LogP contribution in [0.5, 0.6) is 0 Å². The molecule has 110 valence electrons. The average molecular weight is 292 g/mol. The van der Waals surface area contributed by atoms with Gasteiger partial charge < -0.3 is 5.32 Å². The van der Waals surface area contributed by atoms with Gasteiger partial charge in [-0.25, -0.2) is 4.68 Å². The van der Waals surface area contributed by atoms with E-state index in [-0.39, 0.29) is 5.91 Å². The fraction of sp³-hybridized carbons (Fsp3) is 0.235. The van der Waals surface area contributed by atoms with Crippen molar-refractivity contribution in [1.82, 2.24) is 20.3 Å². The zero-order valence-electron chi connectivity index (χ0n) is 12.1. The maximum absolute atomic E-state index is 12.0. The second-order valence-electron chi connectivity index (χ2n) is 5.68. The number of nitrogens with zero attached hydrogens (tertiary/aromatic N) is 3. The van der Waals surface area contributed by atoms with Crippen LogP contribution >= 0.6 is 0 Å². The predicted octanol–water partition coefficient (Wildman–Crippen LogP) is 2.37. The van der Waals surface area contributed by atoms with E-state index in [0.29, 0.717) is 18.2 Å². The molecule has 0 saturated heterocycles. The molecule has 0 spiro atoms. The molecule has 0 aliphatic heterocycles. The van der Waals surface area contributed by atoms with Crippen molar-refractivity contribution < 1.29 is 4.79 Å². The Kier molecular flexibility index (Phi) is 3.11. The summed E-state index contributed by atoms with van der Waals surface area (Å²) in [6, 6.07) is 15.9. The summed E-state index contributed by atoms with van der Waals surface area (Å²) in [7, 11) is 0. The number of fused-ring (bicyclic) bond motifs is 1. The lowest BCUT2D eigenvalue weighted by molar-refractivity contribution is 0.0951. The van der Waals surface area contributed by atoms with E-state index in [9.17, 15) is 4.79 Å². The Hall–Kier alpha value is -2.69. The molecule has 0 radical (unpaired) electrons. The first-order valence-electron chi connectivity index (χ1n) is 7.48. The van der Waals surface area contributed by atoms with Crippen LogP contribution in [-0.2, 0) is 6.54 Å². The van der Waals surface area contributed by atoms with Gasteiger partial charge >= 0.3 is 0 Å². The number of hydrogen-bond donors (Lipinski definition) is 1. The van der Waals surface area contributed by atoms with Gasteiger partial charge in [0.2, 0.25) is 0 Å². The normalized spacial score (nSPS) is 14.2. The van der Waals surface area contributed by atoms with E-state index in [1.165, 1.54) is 0 Å². The topological polar surface area (TPSA) is 59.8 Å². The highest BCUT2D eigenvalue weighted by atomic mass is 16.1. The maximum atomic E-state index is 12.0. The lowest BCUT2D eigenvalue weighted by Gasteiger charge is -2.06. The standard InChI is InChI=1S/C17H16N4O/c22-17(18-14-9-10-14)13-7-5-12(6-8-13)11-21-16-4-2-1-3-15(16)19-20-21/h1-8,14H,9-11H2,(H,18,22). The van der Waals surface area contributed by atoms with E-state index >= 15 is 0 Å². The smallest absolute Gasteiger partial charge is 0.251 e. The van der Waals surface area contributed by atoms with Crippen LogP contribution in [0, 0.1) is 0 Å². The Morgan fingerprint density at radius 1 is 1.14 bits per heavy atom. The van der Waals surface area contributed by atoms with Crippen LogP contribution in [0.2, 0.25) is 0 Å². The highest BCUT2D eigenvalue weighted by Gasteiger charge is 2.23. The quantitative estimate of drug-likeness (QED) is 0.803. The molecule has 0 bridgehead atoms. The first-order valence-corrected chi connectivity index (χ1v) is 7.48. The van der Waals surface area contributed by atoms with Gasteiger partial charge in [-0.05, 0) is 42.7 Å². The van der Waals surface area contributed by atoms with Crippen molar-refractivity contribution in [1.29, 1.82) is 0 Å². The van der Waals surface area contributed by atoms with Crippen LogP contribution in [0.4, 0.5) is 0 Å². The van der Waals surface area contributed by atoms with E-state index < -0.39 is 0 Å². The molecule has 1 N–H and O–H groups in total. The largest absolute Gasteiger partial charge is 0.349 e. The molecule has 2 aromatic carbocycles. The van der Waals surface area contributed by atoms with Crippen molar-refractivity contribution in [2.75, 3.05) is 0 Å². The Morgan fingerprint density at radius 3 is 2.68 bits per heavy atom. The molecule has 1 saturated carbocycles. The molecule has 1 fully saturated rings. The van der Waals surface area contributed by atoms with Gasteiger partial charge in [-0.3, -0.25) is 4.79 Å². The van der Waals surface area contributed by atoms with Crippen molar-refractivity contribution in [3.63, 3.8) is 0 Å². The number of amides is 1. The molecule has 1 amide bonds. The first-order chi connectivity index (χ1) is 10.8. The number of carbonyl (C=O) groups excluding carboxylic acids is 1. The van der Waals surface area contributed by atoms with Crippen molar-refractivity contribution in [2.45, 2.75) is 25.4 Å². The average Bonchev–Trinajstić information content (AvgIpc) is 3.28. The summed E-state index contributed by atoms with van der Waals surface area (Å²) >= 11 is 0. The third-order valence-electron chi connectivity index (χ3n) is 3.88. The predicted molar refractivity (Wildman–Crippen MR) is 83.6 cm³/mol. The molecule has 0 unspecified atom stereocenters. The van der Waals surface area contributed by atoms with E-state index in [1.54, 1.807) is 0 Å². The second-order valence-corrected chi connectivity index (χ2v) is 5.68. The number of rotatable bonds is 4. The fourth-order valence-corrected chi connectivity index (χ4v) is 2.46. The fourth-order valence-electron chi connectivity index (χ4n) is 2.46. The van der Waals surface area contributed by atoms with Crippen LogP contribution in [0.3, 0.4) is 0 Å². The highest BCUT2D eigenvalue weighted by Crippen LogP contribution is 2.19. The van der Waals surface area contributed by atoms with Crippen molar-refractivity contribution in [3.8, 4) is 0 Å². The van der Waals surface area contributed by atoms with Crippen molar-refractivity contribution in [3.05, 3.63) is 59.7 Å². The zero-order valence-corrected chi connectivity index (χ0v) is 12.1. The summed E-state index contributed by atoms with van der Waals surface area (Å²) in [5, 5.41) is 11.3. The molecule has 1 aliphatic rings. The highest BCUT2D eigenvalue weighted by molar-refractivity contribution is 5.94. The summed E-state index contributed by atoms with van der Waals surface area (Å²) in [6.07, 6.45) is 2.20. The van der Waals surface area contributed by atoms with Gasteiger partial charge in [0.1, 0.15) is 5.52 Å². The first kappa shape index (κ1) is 13.0. The van der Waals surface area contributed by atoms with Gasteiger partial charge in [0.25, 0.3) is 5.91 Å². The van der Waals surface area contributed by atoms with Crippen LogP contribution < -0.4 is 5.32 Å². The van der Waals surface area contributed by atoms with Crippen molar-refractivity contribution in [2.24, 2.45) is 0 Å². The van der Waals surface area contributed by atoms with E-state index in [2.05, 4.69) is 15.6 Å². The summed E-state index contributed by atoms with van der Waals surface area (Å²) in [5.74, 6) is 0.0141. The van der Waals surface area contributed by atoms with E-state index in [1.807, 2.05) is 53.2 Å². The summed E-state index contributed by atoms with van der Waals surface area (Å²) in [5.41, 5.74) is 3.71. The molecule has 1 aromatic heterocycles. The second kappa shape index (κ2) is 5.26. The SMILES string of the molecule is O=C(NC1CC1)c1ccc(Cn2nnc3ccccc32)cc1. The number of carbonyl (C=O) groups is 1. The lowest BCUT2D eigenvalue weighted by Crippen LogP contribution is -2.25. The molecule has 5 nitrogen and oxygen atoms in total. The summed E-state index contributed by atoms with van der Waals surface area (Å²) in [4.78, 5) is 12.0. The minimum absolute atomic E-state index is 0.0141. The number of nitrogens with one attached hydrogen (secondary N) is 1. The third kappa shape index (κ3) is 2.57. The molecule has 0 atom stereocenters. The van der Waals surface area contributed by atoms with Gasteiger partial charge in [0, 0.05) is 11.6 Å². The summed E-state index contributed by atoms with van der Waals surface area (Å²) < 4.78 is 1.87. The van der Waals surface area contributed by atoms with Gasteiger partial charge in [-0.2, -0.15) is 0 Å². The van der Waals surface area contributed by atoms with E-state index in [0.717, 1.165) is 29.4 Å².